The molecule has 0 amide bonds. The predicted molar refractivity (Wildman–Crippen MR) is 84.9 cm³/mol. The third kappa shape index (κ3) is 4.65. The number of benzene rings is 1. The third-order valence-electron chi connectivity index (χ3n) is 2.89. The molecule has 0 radical (unpaired) electrons. The highest BCUT2D eigenvalue weighted by atomic mass is 35.5. The first kappa shape index (κ1) is 17.3. The molecule has 0 aliphatic carbocycles. The Morgan fingerprint density at radius 1 is 1.25 bits per heavy atom. The number of halogens is 1. The van der Waals surface area contributed by atoms with Crippen molar-refractivity contribution in [2.45, 2.75) is 30.5 Å². The van der Waals surface area contributed by atoms with Gasteiger partial charge in [0, 0.05) is 20.6 Å². The summed E-state index contributed by atoms with van der Waals surface area (Å²) >= 11 is 6.23. The van der Waals surface area contributed by atoms with E-state index in [9.17, 15) is 8.42 Å². The highest BCUT2D eigenvalue weighted by Gasteiger charge is 2.21. The minimum Gasteiger partial charge on any atom is -0.382 e. The maximum atomic E-state index is 12.2. The molecular weight excluding hydrogens is 296 g/mol. The lowest BCUT2D eigenvalue weighted by Crippen LogP contribution is -2.24. The van der Waals surface area contributed by atoms with Crippen molar-refractivity contribution in [3.8, 4) is 0 Å². The molecule has 0 spiro atoms. The highest BCUT2D eigenvalue weighted by Crippen LogP contribution is 2.23. The molecule has 114 valence electrons. The number of rotatable bonds is 7. The van der Waals surface area contributed by atoms with Crippen molar-refractivity contribution < 1.29 is 8.42 Å². The molecule has 1 rings (SSSR count). The monoisotopic (exact) mass is 318 g/mol. The largest absolute Gasteiger partial charge is 0.382 e. The van der Waals surface area contributed by atoms with Crippen LogP contribution in [0.25, 0.3) is 0 Å². The number of nitrogens with zero attached hydrogens (tertiary/aromatic N) is 1. The van der Waals surface area contributed by atoms with Crippen LogP contribution in [0.3, 0.4) is 0 Å². The Bertz CT molecular complexity index is 530. The fraction of sp³-hybridized carbons (Fsp3) is 0.571. The molecule has 0 saturated carbocycles. The Kier molecular flexibility index (Phi) is 6.30. The van der Waals surface area contributed by atoms with E-state index in [2.05, 4.69) is 19.2 Å². The fourth-order valence-corrected chi connectivity index (χ4v) is 3.35. The molecule has 4 nitrogen and oxygen atoms in total. The number of nitrogens with one attached hydrogen (secondary N) is 1. The molecule has 0 heterocycles. The third-order valence-corrected chi connectivity index (χ3v) is 5.09. The number of alkyl halides is 1. The van der Waals surface area contributed by atoms with Gasteiger partial charge in [0.1, 0.15) is 4.90 Å². The molecule has 0 aliphatic rings. The molecule has 1 atom stereocenters. The van der Waals surface area contributed by atoms with Crippen LogP contribution < -0.4 is 5.32 Å². The second kappa shape index (κ2) is 7.29. The molecule has 1 aromatic carbocycles. The zero-order valence-corrected chi connectivity index (χ0v) is 14.0. The molecule has 0 aromatic heterocycles. The first-order chi connectivity index (χ1) is 9.25. The van der Waals surface area contributed by atoms with Crippen molar-refractivity contribution in [1.29, 1.82) is 0 Å². The lowest BCUT2D eigenvalue weighted by atomic mass is 10.1. The Morgan fingerprint density at radius 2 is 1.85 bits per heavy atom. The lowest BCUT2D eigenvalue weighted by molar-refractivity contribution is 0.521. The highest BCUT2D eigenvalue weighted by molar-refractivity contribution is 7.89. The van der Waals surface area contributed by atoms with Crippen molar-refractivity contribution >= 4 is 27.3 Å². The maximum Gasteiger partial charge on any atom is 0.244 e. The second-order valence-electron chi connectivity index (χ2n) is 5.39. The maximum absolute atomic E-state index is 12.2. The van der Waals surface area contributed by atoms with Gasteiger partial charge in [0.05, 0.1) is 11.1 Å². The summed E-state index contributed by atoms with van der Waals surface area (Å²) in [6.07, 6.45) is 0.886. The molecule has 1 aromatic rings. The summed E-state index contributed by atoms with van der Waals surface area (Å²) in [5, 5.41) is 3.12. The summed E-state index contributed by atoms with van der Waals surface area (Å²) in [6, 6.07) is 6.88. The zero-order chi connectivity index (χ0) is 15.3. The van der Waals surface area contributed by atoms with E-state index in [1.165, 1.54) is 18.4 Å². The fourth-order valence-electron chi connectivity index (χ4n) is 1.85. The predicted octanol–water partition coefficient (Wildman–Crippen LogP) is 3.00. The van der Waals surface area contributed by atoms with Crippen LogP contribution in [0.1, 0.15) is 20.3 Å². The summed E-state index contributed by atoms with van der Waals surface area (Å²) in [6.45, 7) is 4.76. The Hall–Kier alpha value is -0.780. The molecule has 0 aliphatic heterocycles. The van der Waals surface area contributed by atoms with Crippen LogP contribution >= 0.6 is 11.6 Å². The van der Waals surface area contributed by atoms with Crippen molar-refractivity contribution in [2.24, 2.45) is 5.92 Å². The minimum absolute atomic E-state index is 0.0230. The van der Waals surface area contributed by atoms with E-state index < -0.39 is 10.0 Å². The van der Waals surface area contributed by atoms with Crippen molar-refractivity contribution in [2.75, 3.05) is 26.0 Å². The van der Waals surface area contributed by atoms with Crippen molar-refractivity contribution in [3.63, 3.8) is 0 Å². The van der Waals surface area contributed by atoms with E-state index in [0.717, 1.165) is 6.42 Å². The van der Waals surface area contributed by atoms with Gasteiger partial charge in [-0.3, -0.25) is 0 Å². The number of para-hydroxylation sites is 1. The zero-order valence-electron chi connectivity index (χ0n) is 12.4. The van der Waals surface area contributed by atoms with Gasteiger partial charge in [-0.15, -0.1) is 11.6 Å². The van der Waals surface area contributed by atoms with Crippen molar-refractivity contribution in [3.05, 3.63) is 24.3 Å². The quantitative estimate of drug-likeness (QED) is 0.786. The van der Waals surface area contributed by atoms with Crippen LogP contribution in [0.15, 0.2) is 29.2 Å². The van der Waals surface area contributed by atoms with Gasteiger partial charge in [-0.2, -0.15) is 0 Å². The topological polar surface area (TPSA) is 49.4 Å². The Morgan fingerprint density at radius 3 is 2.40 bits per heavy atom. The van der Waals surface area contributed by atoms with E-state index in [-0.39, 0.29) is 10.3 Å². The Labute approximate surface area is 127 Å². The average molecular weight is 319 g/mol. The van der Waals surface area contributed by atoms with E-state index in [0.29, 0.717) is 18.2 Å². The van der Waals surface area contributed by atoms with E-state index in [1.54, 1.807) is 18.2 Å². The van der Waals surface area contributed by atoms with Crippen LogP contribution in [0.4, 0.5) is 5.69 Å². The number of hydrogen-bond acceptors (Lipinski definition) is 3. The van der Waals surface area contributed by atoms with Gasteiger partial charge >= 0.3 is 0 Å². The normalized spacial score (nSPS) is 13.8. The van der Waals surface area contributed by atoms with Gasteiger partial charge in [0.25, 0.3) is 0 Å². The van der Waals surface area contributed by atoms with Gasteiger partial charge in [-0.25, -0.2) is 12.7 Å². The van der Waals surface area contributed by atoms with Crippen LogP contribution in [0.2, 0.25) is 0 Å². The standard InChI is InChI=1S/C14H23ClN2O2S/c1-11(2)9-12(15)10-16-13-7-5-6-8-14(13)20(18,19)17(3)4/h5-8,11-12,16H,9-10H2,1-4H3. The van der Waals surface area contributed by atoms with E-state index >= 15 is 0 Å². The van der Waals surface area contributed by atoms with Gasteiger partial charge in [0.15, 0.2) is 0 Å². The second-order valence-corrected chi connectivity index (χ2v) is 8.13. The van der Waals surface area contributed by atoms with Crippen LogP contribution in [-0.4, -0.2) is 38.7 Å². The summed E-state index contributed by atoms with van der Waals surface area (Å²) in [5.41, 5.74) is 0.593. The summed E-state index contributed by atoms with van der Waals surface area (Å²) < 4.78 is 25.7. The van der Waals surface area contributed by atoms with Gasteiger partial charge < -0.3 is 5.32 Å². The molecule has 1 N–H and O–H groups in total. The summed E-state index contributed by atoms with van der Waals surface area (Å²) in [5.74, 6) is 0.514. The van der Waals surface area contributed by atoms with Crippen molar-refractivity contribution in [1.82, 2.24) is 4.31 Å². The minimum atomic E-state index is -3.45. The number of sulfonamides is 1. The molecule has 20 heavy (non-hydrogen) atoms. The van der Waals surface area contributed by atoms with Gasteiger partial charge in [-0.05, 0) is 24.5 Å². The molecular formula is C14H23ClN2O2S. The van der Waals surface area contributed by atoms with Crippen LogP contribution in [0, 0.1) is 5.92 Å². The number of anilines is 1. The SMILES string of the molecule is CC(C)CC(Cl)CNc1ccccc1S(=O)(=O)N(C)C. The molecule has 1 unspecified atom stereocenters. The van der Waals surface area contributed by atoms with Gasteiger partial charge in [-0.1, -0.05) is 26.0 Å². The lowest BCUT2D eigenvalue weighted by Gasteiger charge is -2.18. The molecule has 0 bridgehead atoms. The molecule has 0 fully saturated rings. The average Bonchev–Trinajstić information content (AvgIpc) is 2.35. The van der Waals surface area contributed by atoms with Gasteiger partial charge in [0.2, 0.25) is 10.0 Å². The summed E-state index contributed by atoms with van der Waals surface area (Å²) in [7, 11) is -0.405. The van der Waals surface area contributed by atoms with E-state index in [1.807, 2.05) is 6.07 Å². The first-order valence-electron chi connectivity index (χ1n) is 6.64. The van der Waals surface area contributed by atoms with E-state index in [4.69, 9.17) is 11.6 Å². The Balaban J connectivity index is 2.87. The smallest absolute Gasteiger partial charge is 0.244 e. The first-order valence-corrected chi connectivity index (χ1v) is 8.52. The van der Waals surface area contributed by atoms with Crippen LogP contribution in [0.5, 0.6) is 0 Å². The summed E-state index contributed by atoms with van der Waals surface area (Å²) in [4.78, 5) is 0.276. The van der Waals surface area contributed by atoms with Crippen LogP contribution in [-0.2, 0) is 10.0 Å². The number of hydrogen-bond donors (Lipinski definition) is 1. The molecule has 6 heteroatoms. The molecule has 0 saturated heterocycles.